The van der Waals surface area contributed by atoms with E-state index in [9.17, 15) is 18.0 Å². The molecular weight excluding hydrogens is 205 g/mol. The zero-order valence-corrected chi connectivity index (χ0v) is 5.53. The van der Waals surface area contributed by atoms with Crippen LogP contribution in [0.4, 0.5) is 13.2 Å². The van der Waals surface area contributed by atoms with E-state index < -0.39 is 17.0 Å². The van der Waals surface area contributed by atoms with Crippen LogP contribution in [-0.2, 0) is 4.79 Å². The van der Waals surface area contributed by atoms with Gasteiger partial charge in [-0.25, -0.2) is 9.18 Å². The first-order valence-corrected chi connectivity index (χ1v) is 2.70. The number of carbonyl (C=O) groups is 1. The predicted molar refractivity (Wildman–Crippen MR) is 26.4 cm³/mol. The maximum absolute atomic E-state index is 11.6. The van der Waals surface area contributed by atoms with Crippen molar-refractivity contribution in [3.63, 3.8) is 0 Å². The van der Waals surface area contributed by atoms with Crippen molar-refractivity contribution in [2.45, 2.75) is 11.0 Å². The van der Waals surface area contributed by atoms with Gasteiger partial charge in [0.1, 0.15) is 0 Å². The van der Waals surface area contributed by atoms with Crippen LogP contribution in [0.3, 0.4) is 0 Å². The summed E-state index contributed by atoms with van der Waals surface area (Å²) in [4.78, 5) is 9.44. The Labute approximate surface area is 56.8 Å². The minimum atomic E-state index is -4.33. The third-order valence-corrected chi connectivity index (χ3v) is 1.13. The Bertz CT molecular complexity index is 124. The minimum Gasteiger partial charge on any atom is -0.477 e. The second-order valence-electron chi connectivity index (χ2n) is 1.23. The molecule has 0 aliphatic heterocycles. The van der Waals surface area contributed by atoms with Crippen LogP contribution < -0.4 is 0 Å². The standard InChI is InChI=1S/C3H2BrF3O2/c4-1(5)3(6,7)2(8)9/h1H,(H,8,9). The van der Waals surface area contributed by atoms with Crippen LogP contribution in [0.25, 0.3) is 0 Å². The number of carboxylic acid groups (broad SMARTS) is 1. The van der Waals surface area contributed by atoms with E-state index in [1.165, 1.54) is 0 Å². The Balaban J connectivity index is 4.19. The summed E-state index contributed by atoms with van der Waals surface area (Å²) in [7, 11) is 0. The third-order valence-electron chi connectivity index (χ3n) is 0.559. The Kier molecular flexibility index (Phi) is 2.48. The summed E-state index contributed by atoms with van der Waals surface area (Å²) in [6, 6.07) is 0. The summed E-state index contributed by atoms with van der Waals surface area (Å²) in [5, 5.41) is 4.76. The molecule has 0 saturated carbocycles. The Morgan fingerprint density at radius 3 is 2.00 bits per heavy atom. The van der Waals surface area contributed by atoms with Crippen molar-refractivity contribution in [2.24, 2.45) is 0 Å². The number of aliphatic carboxylic acids is 1. The molecule has 0 aliphatic rings. The molecule has 0 saturated heterocycles. The van der Waals surface area contributed by atoms with Gasteiger partial charge in [-0.15, -0.1) is 0 Å². The molecule has 1 atom stereocenters. The molecule has 0 amide bonds. The van der Waals surface area contributed by atoms with Crippen LogP contribution in [0.15, 0.2) is 0 Å². The number of carboxylic acids is 1. The molecule has 9 heavy (non-hydrogen) atoms. The van der Waals surface area contributed by atoms with Crippen molar-refractivity contribution < 1.29 is 23.1 Å². The quantitative estimate of drug-likeness (QED) is 0.694. The summed E-state index contributed by atoms with van der Waals surface area (Å²) >= 11 is 1.80. The van der Waals surface area contributed by atoms with Crippen molar-refractivity contribution in [3.8, 4) is 0 Å². The fourth-order valence-corrected chi connectivity index (χ4v) is 0.289. The maximum Gasteiger partial charge on any atom is 0.382 e. The van der Waals surface area contributed by atoms with Gasteiger partial charge in [-0.3, -0.25) is 0 Å². The van der Waals surface area contributed by atoms with Crippen LogP contribution >= 0.6 is 15.9 Å². The van der Waals surface area contributed by atoms with Gasteiger partial charge in [0.2, 0.25) is 5.08 Å². The van der Waals surface area contributed by atoms with E-state index in [1.54, 1.807) is 15.9 Å². The van der Waals surface area contributed by atoms with Gasteiger partial charge in [0, 0.05) is 0 Å². The number of hydrogen-bond donors (Lipinski definition) is 1. The second kappa shape index (κ2) is 2.55. The summed E-state index contributed by atoms with van der Waals surface area (Å²) in [5.74, 6) is -6.81. The van der Waals surface area contributed by atoms with Gasteiger partial charge >= 0.3 is 11.9 Å². The molecular formula is C3H2BrF3O2. The highest BCUT2D eigenvalue weighted by Gasteiger charge is 2.47. The summed E-state index contributed by atoms with van der Waals surface area (Å²) < 4.78 is 34.8. The smallest absolute Gasteiger partial charge is 0.382 e. The Morgan fingerprint density at radius 2 is 2.00 bits per heavy atom. The average Bonchev–Trinajstić information content (AvgIpc) is 1.65. The largest absolute Gasteiger partial charge is 0.477 e. The van der Waals surface area contributed by atoms with Crippen molar-refractivity contribution >= 4 is 21.9 Å². The lowest BCUT2D eigenvalue weighted by atomic mass is 10.4. The molecule has 0 aromatic heterocycles. The lowest BCUT2D eigenvalue weighted by molar-refractivity contribution is -0.168. The first-order valence-electron chi connectivity index (χ1n) is 1.78. The van der Waals surface area contributed by atoms with Crippen LogP contribution in [0.5, 0.6) is 0 Å². The fourth-order valence-electron chi connectivity index (χ4n) is 0.0933. The van der Waals surface area contributed by atoms with E-state index in [2.05, 4.69) is 0 Å². The number of alkyl halides is 4. The zero-order chi connectivity index (χ0) is 7.65. The van der Waals surface area contributed by atoms with Gasteiger partial charge in [0.05, 0.1) is 0 Å². The number of hydrogen-bond acceptors (Lipinski definition) is 1. The Morgan fingerprint density at radius 1 is 1.67 bits per heavy atom. The maximum atomic E-state index is 11.6. The summed E-state index contributed by atoms with van der Waals surface area (Å²) in [6.45, 7) is 0. The molecule has 2 nitrogen and oxygen atoms in total. The molecule has 0 radical (unpaired) electrons. The lowest BCUT2D eigenvalue weighted by Gasteiger charge is -2.08. The van der Waals surface area contributed by atoms with E-state index in [0.29, 0.717) is 0 Å². The van der Waals surface area contributed by atoms with Gasteiger partial charge in [-0.1, -0.05) is 0 Å². The minimum absolute atomic E-state index is 1.80. The molecule has 54 valence electrons. The molecule has 0 aliphatic carbocycles. The number of halogens is 4. The van der Waals surface area contributed by atoms with Gasteiger partial charge in [0.15, 0.2) is 0 Å². The van der Waals surface area contributed by atoms with Crippen LogP contribution in [0.2, 0.25) is 0 Å². The molecule has 0 fully saturated rings. The summed E-state index contributed by atoms with van der Waals surface area (Å²) in [5.41, 5.74) is 0. The van der Waals surface area contributed by atoms with E-state index in [-0.39, 0.29) is 0 Å². The second-order valence-corrected chi connectivity index (χ2v) is 2.03. The van der Waals surface area contributed by atoms with Crippen molar-refractivity contribution in [3.05, 3.63) is 0 Å². The monoisotopic (exact) mass is 206 g/mol. The van der Waals surface area contributed by atoms with Crippen LogP contribution in [0, 0.1) is 0 Å². The molecule has 0 bridgehead atoms. The van der Waals surface area contributed by atoms with Gasteiger partial charge in [-0.2, -0.15) is 8.78 Å². The van der Waals surface area contributed by atoms with E-state index >= 15 is 0 Å². The molecule has 1 unspecified atom stereocenters. The number of rotatable bonds is 2. The molecule has 0 aromatic rings. The summed E-state index contributed by atoms with van der Waals surface area (Å²) in [6.07, 6.45) is 0. The van der Waals surface area contributed by atoms with Crippen LogP contribution in [0.1, 0.15) is 0 Å². The Hall–Kier alpha value is -0.260. The predicted octanol–water partition coefficient (Wildman–Crippen LogP) is 1.40. The molecule has 6 heteroatoms. The van der Waals surface area contributed by atoms with Crippen LogP contribution in [-0.4, -0.2) is 22.1 Å². The van der Waals surface area contributed by atoms with Gasteiger partial charge < -0.3 is 5.11 Å². The molecule has 0 heterocycles. The van der Waals surface area contributed by atoms with E-state index in [1.807, 2.05) is 0 Å². The topological polar surface area (TPSA) is 37.3 Å². The molecule has 1 N–H and O–H groups in total. The van der Waals surface area contributed by atoms with Gasteiger partial charge in [-0.05, 0) is 15.9 Å². The fraction of sp³-hybridized carbons (Fsp3) is 0.667. The third kappa shape index (κ3) is 1.85. The highest BCUT2D eigenvalue weighted by Crippen LogP contribution is 2.25. The van der Waals surface area contributed by atoms with E-state index in [4.69, 9.17) is 5.11 Å². The lowest BCUT2D eigenvalue weighted by Crippen LogP contribution is -2.35. The van der Waals surface area contributed by atoms with Crippen molar-refractivity contribution in [2.75, 3.05) is 0 Å². The highest BCUT2D eigenvalue weighted by molar-refractivity contribution is 9.09. The highest BCUT2D eigenvalue weighted by atomic mass is 79.9. The molecule has 0 spiro atoms. The SMILES string of the molecule is O=C(O)C(F)(F)C(F)Br. The first-order chi connectivity index (χ1) is 3.89. The van der Waals surface area contributed by atoms with Crippen molar-refractivity contribution in [1.82, 2.24) is 0 Å². The average molecular weight is 207 g/mol. The first kappa shape index (κ1) is 8.74. The normalized spacial score (nSPS) is 15.1. The molecule has 0 rings (SSSR count). The molecule has 0 aromatic carbocycles. The van der Waals surface area contributed by atoms with E-state index in [0.717, 1.165) is 0 Å². The van der Waals surface area contributed by atoms with Crippen molar-refractivity contribution in [1.29, 1.82) is 0 Å². The zero-order valence-electron chi connectivity index (χ0n) is 3.94. The van der Waals surface area contributed by atoms with Gasteiger partial charge in [0.25, 0.3) is 0 Å².